The monoisotopic (exact) mass is 290 g/mol. The predicted molar refractivity (Wildman–Crippen MR) is 88.3 cm³/mol. The normalized spacial score (nSPS) is 13.1. The molecule has 0 N–H and O–H groups in total. The van der Waals surface area contributed by atoms with Crippen LogP contribution in [0.2, 0.25) is 0 Å². The van der Waals surface area contributed by atoms with E-state index in [-0.39, 0.29) is 11.4 Å². The Morgan fingerprint density at radius 2 is 1.52 bits per heavy atom. The van der Waals surface area contributed by atoms with Gasteiger partial charge in [0.25, 0.3) is 0 Å². The molecule has 0 unspecified atom stereocenters. The third kappa shape index (κ3) is 4.33. The second-order valence-corrected chi connectivity index (χ2v) is 7.97. The molecule has 0 bridgehead atoms. The Balaban J connectivity index is 3.06. The Labute approximate surface area is 129 Å². The first-order valence-electron chi connectivity index (χ1n) is 7.74. The Bertz CT molecular complexity index is 505. The third-order valence-corrected chi connectivity index (χ3v) is 4.21. The number of hydrogen-bond acceptors (Lipinski definition) is 2. The Morgan fingerprint density at radius 3 is 2.00 bits per heavy atom. The van der Waals surface area contributed by atoms with Gasteiger partial charge < -0.3 is 4.74 Å². The van der Waals surface area contributed by atoms with Crippen molar-refractivity contribution in [1.82, 2.24) is 0 Å². The molecule has 0 aliphatic carbocycles. The third-order valence-electron chi connectivity index (χ3n) is 4.21. The molecule has 0 atom stereocenters. The van der Waals surface area contributed by atoms with E-state index in [2.05, 4.69) is 32.9 Å². The number of benzene rings is 1. The molecule has 118 valence electrons. The zero-order valence-electron chi connectivity index (χ0n) is 14.8. The van der Waals surface area contributed by atoms with E-state index < -0.39 is 11.0 Å². The van der Waals surface area contributed by atoms with Crippen molar-refractivity contribution in [1.29, 1.82) is 0 Å². The maximum Gasteiger partial charge on any atom is 0.312 e. The fraction of sp³-hybridized carbons (Fsp3) is 0.632. The average molecular weight is 290 g/mol. The van der Waals surface area contributed by atoms with Gasteiger partial charge in [0.15, 0.2) is 0 Å². The van der Waals surface area contributed by atoms with Crippen molar-refractivity contribution in [2.24, 2.45) is 5.41 Å². The number of carbonyl (C=O) groups is 1. The summed E-state index contributed by atoms with van der Waals surface area (Å²) in [6, 6.07) is 8.33. The highest BCUT2D eigenvalue weighted by Gasteiger charge is 2.34. The van der Waals surface area contributed by atoms with Crippen molar-refractivity contribution < 1.29 is 9.53 Å². The SMILES string of the molecule is CCC(C)(C)C(=O)OC(C)(C)c1cccc(C(C)(C)C)c1. The van der Waals surface area contributed by atoms with Crippen LogP contribution in [-0.4, -0.2) is 5.97 Å². The predicted octanol–water partition coefficient (Wildman–Crippen LogP) is 5.20. The zero-order chi connectivity index (χ0) is 16.5. The molecule has 0 amide bonds. The van der Waals surface area contributed by atoms with Crippen LogP contribution < -0.4 is 0 Å². The van der Waals surface area contributed by atoms with Gasteiger partial charge in [-0.25, -0.2) is 0 Å². The van der Waals surface area contributed by atoms with Crippen molar-refractivity contribution in [3.05, 3.63) is 35.4 Å². The number of esters is 1. The van der Waals surface area contributed by atoms with Crippen LogP contribution >= 0.6 is 0 Å². The molecule has 0 aliphatic rings. The molecule has 0 saturated carbocycles. The van der Waals surface area contributed by atoms with Crippen molar-refractivity contribution >= 4 is 5.97 Å². The highest BCUT2D eigenvalue weighted by atomic mass is 16.6. The molecule has 2 heteroatoms. The summed E-state index contributed by atoms with van der Waals surface area (Å²) in [4.78, 5) is 12.3. The van der Waals surface area contributed by atoms with E-state index in [1.54, 1.807) is 0 Å². The summed E-state index contributed by atoms with van der Waals surface area (Å²) >= 11 is 0. The fourth-order valence-corrected chi connectivity index (χ4v) is 1.93. The van der Waals surface area contributed by atoms with Crippen LogP contribution in [0.5, 0.6) is 0 Å². The molecule has 21 heavy (non-hydrogen) atoms. The first-order valence-corrected chi connectivity index (χ1v) is 7.74. The van der Waals surface area contributed by atoms with Crippen LogP contribution in [0.4, 0.5) is 0 Å². The first kappa shape index (κ1) is 17.7. The minimum absolute atomic E-state index is 0.0821. The van der Waals surface area contributed by atoms with Crippen molar-refractivity contribution in [3.8, 4) is 0 Å². The Hall–Kier alpha value is -1.31. The summed E-state index contributed by atoms with van der Waals surface area (Å²) in [6.45, 7) is 16.3. The van der Waals surface area contributed by atoms with Crippen LogP contribution in [0.25, 0.3) is 0 Å². The van der Waals surface area contributed by atoms with Gasteiger partial charge in [0.05, 0.1) is 5.41 Å². The molecule has 1 aromatic rings. The second-order valence-electron chi connectivity index (χ2n) is 7.97. The second kappa shape index (κ2) is 5.82. The van der Waals surface area contributed by atoms with E-state index in [4.69, 9.17) is 4.74 Å². The molecule has 0 aromatic heterocycles. The smallest absolute Gasteiger partial charge is 0.312 e. The van der Waals surface area contributed by atoms with Crippen LogP contribution in [0.1, 0.15) is 72.9 Å². The van der Waals surface area contributed by atoms with Crippen molar-refractivity contribution in [2.45, 2.75) is 72.8 Å². The maximum absolute atomic E-state index is 12.3. The van der Waals surface area contributed by atoms with Gasteiger partial charge in [-0.15, -0.1) is 0 Å². The number of hydrogen-bond donors (Lipinski definition) is 0. The van der Waals surface area contributed by atoms with E-state index in [1.165, 1.54) is 5.56 Å². The van der Waals surface area contributed by atoms with Crippen LogP contribution in [0.3, 0.4) is 0 Å². The van der Waals surface area contributed by atoms with Gasteiger partial charge >= 0.3 is 5.97 Å². The highest BCUT2D eigenvalue weighted by molar-refractivity contribution is 5.76. The van der Waals surface area contributed by atoms with Crippen molar-refractivity contribution in [2.75, 3.05) is 0 Å². The van der Waals surface area contributed by atoms with Gasteiger partial charge in [-0.05, 0) is 50.7 Å². The summed E-state index contributed by atoms with van der Waals surface area (Å²) in [6.07, 6.45) is 0.768. The lowest BCUT2D eigenvalue weighted by atomic mass is 9.84. The molecule has 2 nitrogen and oxygen atoms in total. The standard InChI is InChI=1S/C19H30O2/c1-9-18(5,6)16(20)21-19(7,8)15-12-10-11-14(13-15)17(2,3)4/h10-13H,9H2,1-8H3. The summed E-state index contributed by atoms with van der Waals surface area (Å²) in [5, 5.41) is 0. The van der Waals surface area contributed by atoms with Gasteiger partial charge in [-0.1, -0.05) is 52.0 Å². The lowest BCUT2D eigenvalue weighted by Gasteiger charge is -2.32. The molecule has 0 aliphatic heterocycles. The van der Waals surface area contributed by atoms with E-state index in [0.717, 1.165) is 12.0 Å². The molecule has 0 fully saturated rings. The summed E-state index contributed by atoms with van der Waals surface area (Å²) in [5.41, 5.74) is 1.30. The topological polar surface area (TPSA) is 26.3 Å². The molecule has 0 saturated heterocycles. The van der Waals surface area contributed by atoms with E-state index in [0.29, 0.717) is 0 Å². The number of rotatable bonds is 4. The van der Waals surface area contributed by atoms with Gasteiger partial charge in [0, 0.05) is 0 Å². The summed E-state index contributed by atoms with van der Waals surface area (Å²) < 4.78 is 5.81. The average Bonchev–Trinajstić information content (AvgIpc) is 2.37. The largest absolute Gasteiger partial charge is 0.454 e. The molecular weight excluding hydrogens is 260 g/mol. The van der Waals surface area contributed by atoms with Crippen LogP contribution in [0, 0.1) is 5.41 Å². The quantitative estimate of drug-likeness (QED) is 0.712. The minimum Gasteiger partial charge on any atom is -0.454 e. The van der Waals surface area contributed by atoms with E-state index in [1.807, 2.05) is 46.8 Å². The summed E-state index contributed by atoms with van der Waals surface area (Å²) in [7, 11) is 0. The lowest BCUT2D eigenvalue weighted by Crippen LogP contribution is -2.34. The Kier molecular flexibility index (Phi) is 4.92. The first-order chi connectivity index (χ1) is 9.40. The zero-order valence-corrected chi connectivity index (χ0v) is 14.8. The number of ether oxygens (including phenoxy) is 1. The molecule has 0 heterocycles. The lowest BCUT2D eigenvalue weighted by molar-refractivity contribution is -0.168. The van der Waals surface area contributed by atoms with Crippen LogP contribution in [0.15, 0.2) is 24.3 Å². The van der Waals surface area contributed by atoms with Crippen molar-refractivity contribution in [3.63, 3.8) is 0 Å². The van der Waals surface area contributed by atoms with Gasteiger partial charge in [-0.3, -0.25) is 4.79 Å². The van der Waals surface area contributed by atoms with Gasteiger partial charge in [-0.2, -0.15) is 0 Å². The van der Waals surface area contributed by atoms with Gasteiger partial charge in [0.2, 0.25) is 0 Å². The van der Waals surface area contributed by atoms with Crippen LogP contribution in [-0.2, 0) is 20.5 Å². The summed E-state index contributed by atoms with van der Waals surface area (Å²) in [5.74, 6) is -0.142. The number of carbonyl (C=O) groups excluding carboxylic acids is 1. The Morgan fingerprint density at radius 1 is 1.00 bits per heavy atom. The molecule has 1 aromatic carbocycles. The van der Waals surface area contributed by atoms with Gasteiger partial charge in [0.1, 0.15) is 5.60 Å². The minimum atomic E-state index is -0.620. The molecule has 0 spiro atoms. The molecule has 0 radical (unpaired) electrons. The van der Waals surface area contributed by atoms with E-state index >= 15 is 0 Å². The molecule has 1 rings (SSSR count). The fourth-order valence-electron chi connectivity index (χ4n) is 1.93. The highest BCUT2D eigenvalue weighted by Crippen LogP contribution is 2.32. The maximum atomic E-state index is 12.3. The van der Waals surface area contributed by atoms with E-state index in [9.17, 15) is 4.79 Å². The molecular formula is C19H30O2.